The molecule has 0 aliphatic carbocycles. The zero-order chi connectivity index (χ0) is 28.5. The maximum atomic E-state index is 12.6. The Morgan fingerprint density at radius 2 is 1.52 bits per heavy atom. The van der Waals surface area contributed by atoms with Gasteiger partial charge in [0.1, 0.15) is 5.75 Å². The summed E-state index contributed by atoms with van der Waals surface area (Å²) in [6.07, 6.45) is 4.21. The Kier molecular flexibility index (Phi) is 9.46. The van der Waals surface area contributed by atoms with Crippen molar-refractivity contribution >= 4 is 59.0 Å². The number of ether oxygens (including phenoxy) is 1. The molecule has 200 valence electrons. The van der Waals surface area contributed by atoms with Gasteiger partial charge in [-0.1, -0.05) is 53.0 Å². The molecule has 0 saturated heterocycles. The van der Waals surface area contributed by atoms with E-state index in [-0.39, 0.29) is 11.7 Å². The fraction of sp³-hybridized carbons (Fsp3) is 0.0323. The summed E-state index contributed by atoms with van der Waals surface area (Å²) >= 11 is 12.0. The maximum Gasteiger partial charge on any atom is 0.336 e. The summed E-state index contributed by atoms with van der Waals surface area (Å²) < 4.78 is 5.42. The van der Waals surface area contributed by atoms with Crippen LogP contribution >= 0.6 is 23.2 Å². The van der Waals surface area contributed by atoms with E-state index in [4.69, 9.17) is 27.9 Å². The van der Waals surface area contributed by atoms with E-state index in [1.54, 1.807) is 78.9 Å². The van der Waals surface area contributed by atoms with Crippen LogP contribution in [0.2, 0.25) is 10.0 Å². The van der Waals surface area contributed by atoms with Gasteiger partial charge >= 0.3 is 5.97 Å². The first-order valence-electron chi connectivity index (χ1n) is 12.0. The van der Waals surface area contributed by atoms with E-state index in [0.717, 1.165) is 11.1 Å². The van der Waals surface area contributed by atoms with Gasteiger partial charge in [0.25, 0.3) is 11.8 Å². The van der Waals surface area contributed by atoms with Crippen LogP contribution in [0.1, 0.15) is 37.4 Å². The molecule has 0 heterocycles. The van der Waals surface area contributed by atoms with Crippen LogP contribution in [-0.2, 0) is 4.79 Å². The fourth-order valence-corrected chi connectivity index (χ4v) is 3.82. The van der Waals surface area contributed by atoms with Crippen molar-refractivity contribution < 1.29 is 19.1 Å². The Morgan fingerprint density at radius 1 is 0.800 bits per heavy atom. The summed E-state index contributed by atoms with van der Waals surface area (Å²) in [7, 11) is 0. The van der Waals surface area contributed by atoms with Crippen molar-refractivity contribution in [3.8, 4) is 5.75 Å². The first-order valence-corrected chi connectivity index (χ1v) is 12.8. The van der Waals surface area contributed by atoms with Gasteiger partial charge in [-0.25, -0.2) is 10.2 Å². The third kappa shape index (κ3) is 8.14. The molecular formula is C31H23Cl2N3O4. The van der Waals surface area contributed by atoms with Gasteiger partial charge in [-0.3, -0.25) is 9.59 Å². The highest BCUT2D eigenvalue weighted by atomic mass is 35.5. The largest absolute Gasteiger partial charge is 0.423 e. The number of halogens is 2. The Labute approximate surface area is 241 Å². The van der Waals surface area contributed by atoms with E-state index in [2.05, 4.69) is 15.8 Å². The third-order valence-corrected chi connectivity index (χ3v) is 6.01. The van der Waals surface area contributed by atoms with Crippen molar-refractivity contribution in [2.45, 2.75) is 6.92 Å². The molecule has 0 aliphatic heterocycles. The van der Waals surface area contributed by atoms with Crippen LogP contribution in [0.15, 0.2) is 102 Å². The number of hydrogen-bond donors (Lipinski definition) is 2. The van der Waals surface area contributed by atoms with E-state index in [1.807, 2.05) is 19.1 Å². The molecule has 0 bridgehead atoms. The standard InChI is InChI=1S/C31H23Cl2N3O4/c1-20-3-2-4-23(17-20)30(38)35-27-13-8-22(9-14-27)31(39)36-34-19-24-18-26(33)12-15-28(24)40-29(37)16-7-21-5-10-25(32)11-6-21/h2-19H,1H3,(H,35,38)(H,36,39)/b16-7+,34-19+. The van der Waals surface area contributed by atoms with Crippen LogP contribution in [0, 0.1) is 6.92 Å². The lowest BCUT2D eigenvalue weighted by Crippen LogP contribution is -2.18. The number of aryl methyl sites for hydroxylation is 1. The highest BCUT2D eigenvalue weighted by Crippen LogP contribution is 2.22. The van der Waals surface area contributed by atoms with Crippen LogP contribution in [-0.4, -0.2) is 24.0 Å². The van der Waals surface area contributed by atoms with Crippen molar-refractivity contribution in [1.82, 2.24) is 5.43 Å². The van der Waals surface area contributed by atoms with Crippen molar-refractivity contribution in [1.29, 1.82) is 0 Å². The molecular weight excluding hydrogens is 549 g/mol. The summed E-state index contributed by atoms with van der Waals surface area (Å²) in [5.41, 5.74) is 5.99. The number of benzene rings is 4. The molecule has 0 fully saturated rings. The molecule has 0 saturated carbocycles. The zero-order valence-electron chi connectivity index (χ0n) is 21.2. The summed E-state index contributed by atoms with van der Waals surface area (Å²) in [6, 6.07) is 25.2. The monoisotopic (exact) mass is 571 g/mol. The van der Waals surface area contributed by atoms with E-state index in [0.29, 0.717) is 32.4 Å². The number of carbonyl (C=O) groups excluding carboxylic acids is 3. The lowest BCUT2D eigenvalue weighted by molar-refractivity contribution is -0.128. The zero-order valence-corrected chi connectivity index (χ0v) is 22.7. The number of hydrogen-bond acceptors (Lipinski definition) is 5. The summed E-state index contributed by atoms with van der Waals surface area (Å²) in [5.74, 6) is -1.12. The molecule has 0 atom stereocenters. The normalized spacial score (nSPS) is 11.0. The number of carbonyl (C=O) groups is 3. The predicted molar refractivity (Wildman–Crippen MR) is 158 cm³/mol. The number of esters is 1. The van der Waals surface area contributed by atoms with Crippen LogP contribution in [0.25, 0.3) is 6.08 Å². The van der Waals surface area contributed by atoms with E-state index in [1.165, 1.54) is 18.4 Å². The van der Waals surface area contributed by atoms with Gasteiger partial charge in [0.2, 0.25) is 0 Å². The fourth-order valence-electron chi connectivity index (χ4n) is 3.51. The summed E-state index contributed by atoms with van der Waals surface area (Å²) in [4.78, 5) is 37.3. The Morgan fingerprint density at radius 3 is 2.25 bits per heavy atom. The first-order chi connectivity index (χ1) is 19.3. The molecule has 4 rings (SSSR count). The minimum atomic E-state index is -0.606. The quantitative estimate of drug-likeness (QED) is 0.0786. The van der Waals surface area contributed by atoms with Gasteiger partial charge in [0.15, 0.2) is 0 Å². The second-order valence-corrected chi connectivity index (χ2v) is 9.46. The van der Waals surface area contributed by atoms with Crippen molar-refractivity contribution in [2.24, 2.45) is 5.10 Å². The highest BCUT2D eigenvalue weighted by molar-refractivity contribution is 6.31. The van der Waals surface area contributed by atoms with Gasteiger partial charge < -0.3 is 10.1 Å². The molecule has 0 radical (unpaired) electrons. The van der Waals surface area contributed by atoms with Gasteiger partial charge in [-0.15, -0.1) is 0 Å². The smallest absolute Gasteiger partial charge is 0.336 e. The molecule has 7 nitrogen and oxygen atoms in total. The molecule has 0 aliphatic rings. The predicted octanol–water partition coefficient (Wildman–Crippen LogP) is 6.94. The SMILES string of the molecule is Cc1cccc(C(=O)Nc2ccc(C(=O)N/N=C/c3cc(Cl)ccc3OC(=O)/C=C/c3ccc(Cl)cc3)cc2)c1. The van der Waals surface area contributed by atoms with Gasteiger partial charge in [0.05, 0.1) is 6.21 Å². The number of anilines is 1. The van der Waals surface area contributed by atoms with Crippen LogP contribution in [0.5, 0.6) is 5.75 Å². The molecule has 4 aromatic rings. The Balaban J connectivity index is 1.36. The molecule has 2 N–H and O–H groups in total. The Bertz CT molecular complexity index is 1600. The third-order valence-electron chi connectivity index (χ3n) is 5.52. The van der Waals surface area contributed by atoms with Gasteiger partial charge in [0, 0.05) is 38.5 Å². The Hall–Kier alpha value is -4.72. The van der Waals surface area contributed by atoms with Crippen molar-refractivity contribution in [2.75, 3.05) is 5.32 Å². The number of nitrogens with one attached hydrogen (secondary N) is 2. The molecule has 0 unspecified atom stereocenters. The topological polar surface area (TPSA) is 96.9 Å². The summed E-state index contributed by atoms with van der Waals surface area (Å²) in [5, 5.41) is 7.76. The maximum absolute atomic E-state index is 12.6. The number of hydrazone groups is 1. The second-order valence-electron chi connectivity index (χ2n) is 8.59. The molecule has 4 aromatic carbocycles. The minimum Gasteiger partial charge on any atom is -0.423 e. The van der Waals surface area contributed by atoms with E-state index >= 15 is 0 Å². The lowest BCUT2D eigenvalue weighted by atomic mass is 10.1. The molecule has 2 amide bonds. The van der Waals surface area contributed by atoms with Crippen LogP contribution in [0.3, 0.4) is 0 Å². The number of nitrogens with zero attached hydrogens (tertiary/aromatic N) is 1. The van der Waals surface area contributed by atoms with E-state index < -0.39 is 11.9 Å². The molecule has 0 spiro atoms. The number of rotatable bonds is 8. The van der Waals surface area contributed by atoms with Crippen molar-refractivity contribution in [3.63, 3.8) is 0 Å². The molecule has 40 heavy (non-hydrogen) atoms. The molecule has 9 heteroatoms. The molecule has 0 aromatic heterocycles. The van der Waals surface area contributed by atoms with Gasteiger partial charge in [-0.2, -0.15) is 5.10 Å². The number of amides is 2. The highest BCUT2D eigenvalue weighted by Gasteiger charge is 2.10. The van der Waals surface area contributed by atoms with E-state index in [9.17, 15) is 14.4 Å². The summed E-state index contributed by atoms with van der Waals surface area (Å²) in [6.45, 7) is 1.91. The second kappa shape index (κ2) is 13.4. The van der Waals surface area contributed by atoms with Gasteiger partial charge in [-0.05, 0) is 85.3 Å². The average Bonchev–Trinajstić information content (AvgIpc) is 2.94. The first kappa shape index (κ1) is 28.3. The van der Waals surface area contributed by atoms with Crippen LogP contribution < -0.4 is 15.5 Å². The average molecular weight is 572 g/mol. The van der Waals surface area contributed by atoms with Crippen molar-refractivity contribution in [3.05, 3.63) is 135 Å². The van der Waals surface area contributed by atoms with Crippen LogP contribution in [0.4, 0.5) is 5.69 Å². The minimum absolute atomic E-state index is 0.210. The lowest BCUT2D eigenvalue weighted by Gasteiger charge is -2.07.